The van der Waals surface area contributed by atoms with E-state index in [-0.39, 0.29) is 12.5 Å². The molecule has 0 saturated heterocycles. The van der Waals surface area contributed by atoms with Crippen LogP contribution in [0.4, 0.5) is 0 Å². The molecule has 1 aromatic carbocycles. The summed E-state index contributed by atoms with van der Waals surface area (Å²) in [4.78, 5) is 15.9. The Bertz CT molecular complexity index is 937. The summed E-state index contributed by atoms with van der Waals surface area (Å²) in [6, 6.07) is 12.6. The van der Waals surface area contributed by atoms with Crippen LogP contribution in [0.15, 0.2) is 65.5 Å². The van der Waals surface area contributed by atoms with Crippen molar-refractivity contribution in [1.82, 2.24) is 9.55 Å². The zero-order valence-corrected chi connectivity index (χ0v) is 17.6. The van der Waals surface area contributed by atoms with E-state index in [1.165, 1.54) is 0 Å². The lowest BCUT2D eigenvalue weighted by molar-refractivity contribution is -0.140. The van der Waals surface area contributed by atoms with Gasteiger partial charge in [-0.1, -0.05) is 43.9 Å². The van der Waals surface area contributed by atoms with Crippen molar-refractivity contribution in [1.29, 1.82) is 0 Å². The fraction of sp³-hybridized carbons (Fsp3) is 0.333. The maximum Gasteiger partial charge on any atom is 0.327 e. The highest BCUT2D eigenvalue weighted by atomic mass is 16.5. The van der Waals surface area contributed by atoms with E-state index in [4.69, 9.17) is 9.15 Å². The fourth-order valence-corrected chi connectivity index (χ4v) is 2.81. The first-order valence-electron chi connectivity index (χ1n) is 10.0. The lowest BCUT2D eigenvalue weighted by atomic mass is 10.1. The third kappa shape index (κ3) is 6.64. The molecular formula is C24H28N2O4. The van der Waals surface area contributed by atoms with Crippen LogP contribution in [-0.4, -0.2) is 33.8 Å². The molecule has 0 fully saturated rings. The molecule has 0 aliphatic rings. The predicted octanol–water partition coefficient (Wildman–Crippen LogP) is 4.84. The van der Waals surface area contributed by atoms with E-state index in [0.29, 0.717) is 18.7 Å². The number of rotatable bonds is 8. The highest BCUT2D eigenvalue weighted by molar-refractivity contribution is 5.72. The SMILES string of the molecule is CC.COC(C#CCC(C(=O)O)n1cccc1)CCc1coc(-c2ccccc2)n1. The number of carboxylic acids is 1. The highest BCUT2D eigenvalue weighted by Gasteiger charge is 2.17. The fourth-order valence-electron chi connectivity index (χ4n) is 2.81. The van der Waals surface area contributed by atoms with E-state index in [9.17, 15) is 9.90 Å². The summed E-state index contributed by atoms with van der Waals surface area (Å²) >= 11 is 0. The molecule has 0 amide bonds. The Morgan fingerprint density at radius 2 is 1.90 bits per heavy atom. The van der Waals surface area contributed by atoms with Crippen molar-refractivity contribution in [3.63, 3.8) is 0 Å². The van der Waals surface area contributed by atoms with Crippen LogP contribution >= 0.6 is 0 Å². The minimum atomic E-state index is -0.907. The van der Waals surface area contributed by atoms with Crippen molar-refractivity contribution in [3.05, 3.63) is 66.8 Å². The number of hydrogen-bond donors (Lipinski definition) is 1. The number of carbonyl (C=O) groups is 1. The average molecular weight is 408 g/mol. The Balaban J connectivity index is 0.00000155. The summed E-state index contributed by atoms with van der Waals surface area (Å²) in [6.07, 6.45) is 6.32. The second-order valence-corrected chi connectivity index (χ2v) is 6.28. The molecule has 3 aromatic rings. The van der Waals surface area contributed by atoms with Crippen molar-refractivity contribution < 1.29 is 19.1 Å². The van der Waals surface area contributed by atoms with Crippen molar-refractivity contribution in [2.24, 2.45) is 0 Å². The molecule has 30 heavy (non-hydrogen) atoms. The maximum atomic E-state index is 11.4. The molecule has 1 N–H and O–H groups in total. The van der Waals surface area contributed by atoms with Crippen molar-refractivity contribution >= 4 is 5.97 Å². The molecule has 2 aromatic heterocycles. The number of hydrogen-bond acceptors (Lipinski definition) is 4. The summed E-state index contributed by atoms with van der Waals surface area (Å²) in [5.74, 6) is 5.65. The van der Waals surface area contributed by atoms with Gasteiger partial charge in [0.1, 0.15) is 18.4 Å². The molecule has 0 bridgehead atoms. The van der Waals surface area contributed by atoms with Gasteiger partial charge in [-0.2, -0.15) is 0 Å². The Labute approximate surface area is 177 Å². The standard InChI is InChI=1S/C22H22N2O4.C2H6/c1-27-19(10-7-11-20(22(25)26)24-14-5-6-15-24)13-12-18-16-28-21(23-18)17-8-3-2-4-9-17;1-2/h2-6,8-9,14-16,19-20H,11-13H2,1H3,(H,25,26);1-2H3. The van der Waals surface area contributed by atoms with Gasteiger partial charge in [0.05, 0.1) is 5.69 Å². The lowest BCUT2D eigenvalue weighted by Gasteiger charge is -2.11. The van der Waals surface area contributed by atoms with E-state index in [1.54, 1.807) is 42.5 Å². The largest absolute Gasteiger partial charge is 0.480 e. The van der Waals surface area contributed by atoms with Gasteiger partial charge in [0.2, 0.25) is 5.89 Å². The van der Waals surface area contributed by atoms with E-state index in [2.05, 4.69) is 16.8 Å². The Morgan fingerprint density at radius 3 is 2.53 bits per heavy atom. The van der Waals surface area contributed by atoms with E-state index in [0.717, 1.165) is 11.3 Å². The highest BCUT2D eigenvalue weighted by Crippen LogP contribution is 2.19. The van der Waals surface area contributed by atoms with Crippen LogP contribution in [0.2, 0.25) is 0 Å². The van der Waals surface area contributed by atoms with Gasteiger partial charge in [-0.25, -0.2) is 9.78 Å². The molecule has 3 rings (SSSR count). The van der Waals surface area contributed by atoms with Crippen LogP contribution in [0.3, 0.4) is 0 Å². The molecule has 6 heteroatoms. The summed E-state index contributed by atoms with van der Waals surface area (Å²) in [5, 5.41) is 9.38. The van der Waals surface area contributed by atoms with E-state index < -0.39 is 12.0 Å². The molecule has 0 saturated carbocycles. The minimum absolute atomic E-state index is 0.214. The van der Waals surface area contributed by atoms with Crippen LogP contribution in [0.25, 0.3) is 11.5 Å². The van der Waals surface area contributed by atoms with Crippen LogP contribution in [-0.2, 0) is 16.0 Å². The van der Waals surface area contributed by atoms with Gasteiger partial charge in [0, 0.05) is 31.5 Å². The number of aryl methyl sites for hydroxylation is 1. The van der Waals surface area contributed by atoms with E-state index in [1.807, 2.05) is 44.2 Å². The molecule has 0 radical (unpaired) electrons. The van der Waals surface area contributed by atoms with Crippen molar-refractivity contribution in [2.45, 2.75) is 45.3 Å². The van der Waals surface area contributed by atoms with Gasteiger partial charge in [0.15, 0.2) is 0 Å². The van der Waals surface area contributed by atoms with Crippen molar-refractivity contribution in [3.8, 4) is 23.3 Å². The second-order valence-electron chi connectivity index (χ2n) is 6.28. The monoisotopic (exact) mass is 408 g/mol. The Morgan fingerprint density at radius 1 is 1.20 bits per heavy atom. The number of aromatic nitrogens is 2. The number of methoxy groups -OCH3 is 1. The lowest BCUT2D eigenvalue weighted by Crippen LogP contribution is -2.17. The van der Waals surface area contributed by atoms with Gasteiger partial charge < -0.3 is 18.8 Å². The summed E-state index contributed by atoms with van der Waals surface area (Å²) in [7, 11) is 1.60. The van der Waals surface area contributed by atoms with E-state index >= 15 is 0 Å². The number of benzene rings is 1. The summed E-state index contributed by atoms with van der Waals surface area (Å²) in [6.45, 7) is 4.00. The van der Waals surface area contributed by atoms with Crippen LogP contribution in [0.1, 0.15) is 38.4 Å². The van der Waals surface area contributed by atoms with Gasteiger partial charge >= 0.3 is 5.97 Å². The third-order valence-corrected chi connectivity index (χ3v) is 4.35. The molecule has 0 aliphatic carbocycles. The number of carboxylic acid groups (broad SMARTS) is 1. The molecule has 158 valence electrons. The number of nitrogens with zero attached hydrogens (tertiary/aromatic N) is 2. The first-order chi connectivity index (χ1) is 14.7. The average Bonchev–Trinajstić information content (AvgIpc) is 3.47. The smallest absolute Gasteiger partial charge is 0.327 e. The topological polar surface area (TPSA) is 77.5 Å². The van der Waals surface area contributed by atoms with Gasteiger partial charge in [-0.3, -0.25) is 0 Å². The zero-order valence-electron chi connectivity index (χ0n) is 17.6. The third-order valence-electron chi connectivity index (χ3n) is 4.35. The first-order valence-corrected chi connectivity index (χ1v) is 10.0. The Hall–Kier alpha value is -3.30. The van der Waals surface area contributed by atoms with Crippen LogP contribution in [0.5, 0.6) is 0 Å². The van der Waals surface area contributed by atoms with Gasteiger partial charge in [0.25, 0.3) is 0 Å². The molecule has 0 aliphatic heterocycles. The zero-order chi connectivity index (χ0) is 21.8. The molecule has 2 heterocycles. The predicted molar refractivity (Wildman–Crippen MR) is 116 cm³/mol. The molecule has 6 nitrogen and oxygen atoms in total. The second kappa shape index (κ2) is 12.3. The maximum absolute atomic E-state index is 11.4. The molecular weight excluding hydrogens is 380 g/mol. The minimum Gasteiger partial charge on any atom is -0.480 e. The number of oxazole rings is 1. The summed E-state index contributed by atoms with van der Waals surface area (Å²) < 4.78 is 12.6. The number of ether oxygens (including phenoxy) is 1. The Kier molecular flexibility index (Phi) is 9.43. The van der Waals surface area contributed by atoms with Crippen LogP contribution < -0.4 is 0 Å². The number of aliphatic carboxylic acids is 1. The quantitative estimate of drug-likeness (QED) is 0.540. The molecule has 2 atom stereocenters. The van der Waals surface area contributed by atoms with Crippen molar-refractivity contribution in [2.75, 3.05) is 7.11 Å². The van der Waals surface area contributed by atoms with Gasteiger partial charge in [-0.05, 0) is 37.1 Å². The molecule has 0 spiro atoms. The van der Waals surface area contributed by atoms with Gasteiger partial charge in [-0.15, -0.1) is 0 Å². The van der Waals surface area contributed by atoms with Crippen LogP contribution in [0, 0.1) is 11.8 Å². The normalized spacial score (nSPS) is 12.1. The molecule has 2 unspecified atom stereocenters. The summed E-state index contributed by atoms with van der Waals surface area (Å²) in [5.41, 5.74) is 1.76. The first kappa shape index (κ1) is 23.0.